The van der Waals surface area contributed by atoms with E-state index in [-0.39, 0.29) is 11.1 Å². The smallest absolute Gasteiger partial charge is 0.264 e. The third-order valence-electron chi connectivity index (χ3n) is 6.84. The average molecular weight is 426 g/mol. The highest BCUT2D eigenvalue weighted by molar-refractivity contribution is 6.27. The standard InChI is InChI=1S/C27H14N4O2/c32-26-16-12-13-17-23-15(25-29-19-7-4-5-9-21(19)31(25)27(17)33)11-10-14(22(16)23)24-28-18-6-2-1-3-8-20(18)30(24)26/h2-13H,1H2. The Morgan fingerprint density at radius 3 is 2.09 bits per heavy atom. The number of allylic oxidation sites excluding steroid dienone is 2. The third-order valence-corrected chi connectivity index (χ3v) is 6.84. The first-order valence-corrected chi connectivity index (χ1v) is 10.9. The Hall–Kier alpha value is -4.58. The maximum atomic E-state index is 13.7. The molecule has 1 aliphatic rings. The zero-order valence-electron chi connectivity index (χ0n) is 17.2. The molecule has 0 bridgehead atoms. The van der Waals surface area contributed by atoms with Crippen LogP contribution < -0.4 is 11.1 Å². The van der Waals surface area contributed by atoms with Gasteiger partial charge in [0.15, 0.2) is 0 Å². The number of pyridine rings is 2. The quantitative estimate of drug-likeness (QED) is 0.332. The van der Waals surface area contributed by atoms with Crippen molar-refractivity contribution >= 4 is 66.8 Å². The van der Waals surface area contributed by atoms with Gasteiger partial charge in [0, 0.05) is 32.3 Å². The molecule has 3 aromatic carbocycles. The molecule has 7 aromatic rings. The molecule has 1 aliphatic carbocycles. The van der Waals surface area contributed by atoms with Crippen molar-refractivity contribution in [1.82, 2.24) is 18.8 Å². The number of hydrogen-bond acceptors (Lipinski definition) is 4. The van der Waals surface area contributed by atoms with Crippen molar-refractivity contribution in [2.24, 2.45) is 0 Å². The van der Waals surface area contributed by atoms with Crippen molar-refractivity contribution in [3.63, 3.8) is 0 Å². The van der Waals surface area contributed by atoms with Crippen LogP contribution in [-0.4, -0.2) is 18.8 Å². The van der Waals surface area contributed by atoms with E-state index in [1.807, 2.05) is 60.7 Å². The average Bonchev–Trinajstić information content (AvgIpc) is 3.32. The van der Waals surface area contributed by atoms with Gasteiger partial charge in [-0.3, -0.25) is 18.4 Å². The van der Waals surface area contributed by atoms with Gasteiger partial charge in [0.2, 0.25) is 0 Å². The van der Waals surface area contributed by atoms with Crippen molar-refractivity contribution in [2.75, 3.05) is 0 Å². The van der Waals surface area contributed by atoms with Crippen LogP contribution >= 0.6 is 0 Å². The van der Waals surface area contributed by atoms with Crippen LogP contribution in [0.25, 0.3) is 66.8 Å². The summed E-state index contributed by atoms with van der Waals surface area (Å²) in [5.41, 5.74) is 4.10. The Kier molecular flexibility index (Phi) is 2.89. The molecule has 8 rings (SSSR count). The predicted octanol–water partition coefficient (Wildman–Crippen LogP) is 4.62. The van der Waals surface area contributed by atoms with E-state index in [1.165, 1.54) is 0 Å². The topological polar surface area (TPSA) is 68.7 Å². The summed E-state index contributed by atoms with van der Waals surface area (Å²) in [6, 6.07) is 15.2. The maximum Gasteiger partial charge on any atom is 0.264 e. The summed E-state index contributed by atoms with van der Waals surface area (Å²) in [5.74, 6) is 0. The molecule has 0 fully saturated rings. The zero-order valence-corrected chi connectivity index (χ0v) is 17.2. The Morgan fingerprint density at radius 1 is 0.667 bits per heavy atom. The van der Waals surface area contributed by atoms with Crippen LogP contribution in [0.15, 0.2) is 70.3 Å². The lowest BCUT2D eigenvalue weighted by atomic mass is 9.96. The number of fused-ring (bicyclic) bond motifs is 8. The number of rotatable bonds is 0. The van der Waals surface area contributed by atoms with Gasteiger partial charge in [-0.05, 0) is 55.0 Å². The van der Waals surface area contributed by atoms with E-state index >= 15 is 0 Å². The van der Waals surface area contributed by atoms with Crippen LogP contribution in [0.3, 0.4) is 0 Å². The van der Waals surface area contributed by atoms with E-state index < -0.39 is 0 Å². The minimum atomic E-state index is -0.127. The van der Waals surface area contributed by atoms with E-state index in [1.54, 1.807) is 20.9 Å². The van der Waals surface area contributed by atoms with Crippen molar-refractivity contribution in [2.45, 2.75) is 6.42 Å². The molecule has 0 saturated carbocycles. The Morgan fingerprint density at radius 2 is 1.30 bits per heavy atom. The first kappa shape index (κ1) is 17.0. The molecule has 6 heteroatoms. The molecule has 33 heavy (non-hydrogen) atoms. The summed E-state index contributed by atoms with van der Waals surface area (Å²) in [7, 11) is 0. The summed E-state index contributed by atoms with van der Waals surface area (Å²) < 4.78 is 3.37. The van der Waals surface area contributed by atoms with E-state index in [4.69, 9.17) is 9.97 Å². The van der Waals surface area contributed by atoms with Gasteiger partial charge in [-0.1, -0.05) is 24.3 Å². The number of para-hydroxylation sites is 2. The number of imidazole rings is 2. The van der Waals surface area contributed by atoms with Crippen LogP contribution in [0.5, 0.6) is 0 Å². The monoisotopic (exact) mass is 426 g/mol. The third kappa shape index (κ3) is 1.91. The van der Waals surface area contributed by atoms with Crippen molar-refractivity contribution in [3.8, 4) is 0 Å². The minimum Gasteiger partial charge on any atom is -0.268 e. The van der Waals surface area contributed by atoms with Crippen LogP contribution in [0.4, 0.5) is 0 Å². The summed E-state index contributed by atoms with van der Waals surface area (Å²) in [5, 5.41) is 4.43. The van der Waals surface area contributed by atoms with Crippen LogP contribution in [-0.2, 0) is 0 Å². The lowest BCUT2D eigenvalue weighted by molar-refractivity contribution is 1.13. The van der Waals surface area contributed by atoms with Gasteiger partial charge in [0.25, 0.3) is 11.1 Å². The van der Waals surface area contributed by atoms with Crippen molar-refractivity contribution in [1.29, 1.82) is 0 Å². The summed E-state index contributed by atoms with van der Waals surface area (Å²) in [4.78, 5) is 36.9. The van der Waals surface area contributed by atoms with Gasteiger partial charge in [0.1, 0.15) is 11.3 Å². The maximum absolute atomic E-state index is 13.7. The minimum absolute atomic E-state index is 0.124. The number of nitrogens with zero attached hydrogens (tertiary/aromatic N) is 4. The van der Waals surface area contributed by atoms with Gasteiger partial charge in [-0.15, -0.1) is 0 Å². The molecule has 0 saturated heterocycles. The molecule has 4 heterocycles. The SMILES string of the molecule is O=c1c2ccc3c(=O)n4c5ccccc5nc4c4ccc(c2c34)c2nc3c(n12)C=CCC=C3. The molecular formula is C27H14N4O2. The van der Waals surface area contributed by atoms with Gasteiger partial charge in [-0.2, -0.15) is 0 Å². The predicted molar refractivity (Wildman–Crippen MR) is 132 cm³/mol. The lowest BCUT2D eigenvalue weighted by Crippen LogP contribution is -2.17. The van der Waals surface area contributed by atoms with Gasteiger partial charge in [-0.25, -0.2) is 9.97 Å². The highest BCUT2D eigenvalue weighted by atomic mass is 16.1. The fourth-order valence-corrected chi connectivity index (χ4v) is 5.43. The highest BCUT2D eigenvalue weighted by Gasteiger charge is 2.23. The first-order valence-electron chi connectivity index (χ1n) is 10.9. The second kappa shape index (κ2) is 5.61. The van der Waals surface area contributed by atoms with Gasteiger partial charge >= 0.3 is 0 Å². The zero-order chi connectivity index (χ0) is 21.8. The Labute approximate surface area is 185 Å². The molecule has 0 N–H and O–H groups in total. The lowest BCUT2D eigenvalue weighted by Gasteiger charge is -2.12. The number of benzene rings is 3. The summed E-state index contributed by atoms with van der Waals surface area (Å²) in [6.07, 6.45) is 8.80. The second-order valence-corrected chi connectivity index (χ2v) is 8.52. The molecule has 0 atom stereocenters. The molecule has 6 nitrogen and oxygen atoms in total. The second-order valence-electron chi connectivity index (χ2n) is 8.52. The fourth-order valence-electron chi connectivity index (χ4n) is 5.43. The number of aromatic nitrogens is 4. The van der Waals surface area contributed by atoms with Crippen LogP contribution in [0.1, 0.15) is 17.8 Å². The fraction of sp³-hybridized carbons (Fsp3) is 0.0370. The highest BCUT2D eigenvalue weighted by Crippen LogP contribution is 2.36. The van der Waals surface area contributed by atoms with E-state index in [0.29, 0.717) is 22.1 Å². The van der Waals surface area contributed by atoms with E-state index in [9.17, 15) is 9.59 Å². The Bertz CT molecular complexity index is 2150. The van der Waals surface area contributed by atoms with Crippen molar-refractivity contribution in [3.05, 3.63) is 92.8 Å². The summed E-state index contributed by atoms with van der Waals surface area (Å²) in [6.45, 7) is 0. The number of hydrogen-bond donors (Lipinski definition) is 0. The van der Waals surface area contributed by atoms with E-state index in [0.717, 1.165) is 50.4 Å². The normalized spacial score (nSPS) is 13.9. The van der Waals surface area contributed by atoms with E-state index in [2.05, 4.69) is 0 Å². The largest absolute Gasteiger partial charge is 0.268 e. The Balaban J connectivity index is 1.68. The summed E-state index contributed by atoms with van der Waals surface area (Å²) >= 11 is 0. The molecular weight excluding hydrogens is 412 g/mol. The van der Waals surface area contributed by atoms with Gasteiger partial charge < -0.3 is 0 Å². The van der Waals surface area contributed by atoms with Crippen molar-refractivity contribution < 1.29 is 0 Å². The first-order chi connectivity index (χ1) is 16.2. The molecule has 0 unspecified atom stereocenters. The van der Waals surface area contributed by atoms with Gasteiger partial charge in [0.05, 0.1) is 22.4 Å². The molecule has 0 spiro atoms. The molecule has 0 aliphatic heterocycles. The molecule has 154 valence electrons. The van der Waals surface area contributed by atoms with Crippen LogP contribution in [0.2, 0.25) is 0 Å². The molecule has 0 amide bonds. The van der Waals surface area contributed by atoms with Crippen LogP contribution in [0, 0.1) is 0 Å². The molecule has 4 aromatic heterocycles. The molecule has 0 radical (unpaired) electrons.